The predicted molar refractivity (Wildman–Crippen MR) is 79.3 cm³/mol. The van der Waals surface area contributed by atoms with Crippen molar-refractivity contribution >= 4 is 28.4 Å². The summed E-state index contributed by atoms with van der Waals surface area (Å²) in [7, 11) is -1.33. The van der Waals surface area contributed by atoms with E-state index in [2.05, 4.69) is 5.32 Å². The highest BCUT2D eigenvalue weighted by atomic mass is 32.2. The van der Waals surface area contributed by atoms with E-state index in [0.29, 0.717) is 12.1 Å². The third-order valence-electron chi connectivity index (χ3n) is 2.56. The van der Waals surface area contributed by atoms with Crippen molar-refractivity contribution in [1.29, 1.82) is 0 Å². The minimum atomic E-state index is -1.33. The van der Waals surface area contributed by atoms with Gasteiger partial charge in [-0.05, 0) is 43.5 Å². The second-order valence-corrected chi connectivity index (χ2v) is 6.29. The van der Waals surface area contributed by atoms with Crippen molar-refractivity contribution < 1.29 is 18.9 Å². The molecule has 0 heterocycles. The summed E-state index contributed by atoms with van der Waals surface area (Å²) in [6, 6.07) is 5.69. The Morgan fingerprint density at radius 2 is 1.80 bits per heavy atom. The van der Waals surface area contributed by atoms with Crippen molar-refractivity contribution in [2.24, 2.45) is 0 Å². The Morgan fingerprint density at radius 1 is 1.20 bits per heavy atom. The first-order valence-corrected chi connectivity index (χ1v) is 7.80. The second kappa shape index (κ2) is 7.79. The minimum Gasteiger partial charge on any atom is -0.481 e. The van der Waals surface area contributed by atoms with E-state index >= 15 is 0 Å². The molecule has 20 heavy (non-hydrogen) atoms. The van der Waals surface area contributed by atoms with Crippen molar-refractivity contribution in [3.8, 4) is 0 Å². The van der Waals surface area contributed by atoms with Gasteiger partial charge in [0.15, 0.2) is 0 Å². The molecule has 1 rings (SSSR count). The maximum absolute atomic E-state index is 11.7. The molecule has 0 aliphatic heterocycles. The molecule has 0 radical (unpaired) electrons. The third-order valence-corrected chi connectivity index (χ3v) is 3.89. The molecule has 0 fully saturated rings. The molecule has 0 aliphatic carbocycles. The lowest BCUT2D eigenvalue weighted by atomic mass is 10.1. The highest BCUT2D eigenvalue weighted by Crippen LogP contribution is 2.13. The molecule has 6 heteroatoms. The Bertz CT molecular complexity index is 508. The number of anilines is 1. The average molecular weight is 297 g/mol. The van der Waals surface area contributed by atoms with Gasteiger partial charge in [-0.15, -0.1) is 0 Å². The van der Waals surface area contributed by atoms with Crippen molar-refractivity contribution in [2.45, 2.75) is 26.7 Å². The summed E-state index contributed by atoms with van der Waals surface area (Å²) in [6.45, 7) is 3.87. The van der Waals surface area contributed by atoms with Gasteiger partial charge in [0.2, 0.25) is 5.91 Å². The van der Waals surface area contributed by atoms with Crippen molar-refractivity contribution in [1.82, 2.24) is 0 Å². The summed E-state index contributed by atoms with van der Waals surface area (Å²) < 4.78 is 11.6. The fourth-order valence-corrected chi connectivity index (χ4v) is 2.82. The van der Waals surface area contributed by atoms with Crippen LogP contribution in [0.1, 0.15) is 24.0 Å². The molecule has 0 bridgehead atoms. The Hall–Kier alpha value is -1.69. The van der Waals surface area contributed by atoms with Gasteiger partial charge in [0, 0.05) is 28.7 Å². The monoisotopic (exact) mass is 297 g/mol. The smallest absolute Gasteiger partial charge is 0.303 e. The van der Waals surface area contributed by atoms with E-state index in [4.69, 9.17) is 5.11 Å². The molecule has 1 amide bonds. The molecule has 0 aromatic heterocycles. The van der Waals surface area contributed by atoms with Crippen LogP contribution in [0, 0.1) is 13.8 Å². The molecule has 1 unspecified atom stereocenters. The summed E-state index contributed by atoms with van der Waals surface area (Å²) >= 11 is 0. The summed E-state index contributed by atoms with van der Waals surface area (Å²) in [5, 5.41) is 11.2. The first-order valence-electron chi connectivity index (χ1n) is 6.32. The standard InChI is InChI=1S/C14H19NO4S/c1-10-6-11(2)8-12(7-10)15-13(16)9-20(19)5-3-4-14(17)18/h6-8H,3-5,9H2,1-2H3,(H,15,16)(H,17,18). The summed E-state index contributed by atoms with van der Waals surface area (Å²) in [5.41, 5.74) is 2.78. The predicted octanol–water partition coefficient (Wildman–Crippen LogP) is 1.86. The average Bonchev–Trinajstić information content (AvgIpc) is 2.25. The van der Waals surface area contributed by atoms with Crippen LogP contribution in [0.3, 0.4) is 0 Å². The van der Waals surface area contributed by atoms with E-state index in [9.17, 15) is 13.8 Å². The fourth-order valence-electron chi connectivity index (χ4n) is 1.85. The van der Waals surface area contributed by atoms with Crippen LogP contribution < -0.4 is 5.32 Å². The maximum atomic E-state index is 11.7. The largest absolute Gasteiger partial charge is 0.481 e. The molecular formula is C14H19NO4S. The van der Waals surface area contributed by atoms with Crippen molar-refractivity contribution in [3.05, 3.63) is 29.3 Å². The van der Waals surface area contributed by atoms with Crippen LogP contribution in [0.2, 0.25) is 0 Å². The Labute approximate surface area is 120 Å². The lowest BCUT2D eigenvalue weighted by Crippen LogP contribution is -2.21. The summed E-state index contributed by atoms with van der Waals surface area (Å²) in [6.07, 6.45) is 0.295. The molecule has 5 nitrogen and oxygen atoms in total. The number of carbonyl (C=O) groups is 2. The van der Waals surface area contributed by atoms with Gasteiger partial charge in [0.1, 0.15) is 5.75 Å². The maximum Gasteiger partial charge on any atom is 0.303 e. The van der Waals surface area contributed by atoms with Crippen LogP contribution in [0.5, 0.6) is 0 Å². The van der Waals surface area contributed by atoms with Crippen LogP contribution in [-0.4, -0.2) is 32.7 Å². The topological polar surface area (TPSA) is 83.5 Å². The van der Waals surface area contributed by atoms with Crippen LogP contribution in [-0.2, 0) is 20.4 Å². The molecular weight excluding hydrogens is 278 g/mol. The normalized spacial score (nSPS) is 11.9. The number of carboxylic acids is 1. The molecule has 1 aromatic carbocycles. The van der Waals surface area contributed by atoms with Crippen molar-refractivity contribution in [3.63, 3.8) is 0 Å². The van der Waals surface area contributed by atoms with Crippen LogP contribution in [0.15, 0.2) is 18.2 Å². The molecule has 1 atom stereocenters. The van der Waals surface area contributed by atoms with Gasteiger partial charge in [-0.3, -0.25) is 13.8 Å². The third kappa shape index (κ3) is 6.47. The summed E-state index contributed by atoms with van der Waals surface area (Å²) in [4.78, 5) is 22.1. The van der Waals surface area contributed by atoms with E-state index in [1.807, 2.05) is 32.0 Å². The highest BCUT2D eigenvalue weighted by Gasteiger charge is 2.09. The van der Waals surface area contributed by atoms with E-state index in [-0.39, 0.29) is 23.8 Å². The molecule has 2 N–H and O–H groups in total. The number of nitrogens with one attached hydrogen (secondary N) is 1. The van der Waals surface area contributed by atoms with E-state index in [0.717, 1.165) is 11.1 Å². The molecule has 0 saturated heterocycles. The number of carbonyl (C=O) groups excluding carboxylic acids is 1. The number of aryl methyl sites for hydroxylation is 2. The van der Waals surface area contributed by atoms with Gasteiger partial charge in [-0.2, -0.15) is 0 Å². The number of aliphatic carboxylic acids is 1. The number of amides is 1. The Morgan fingerprint density at radius 3 is 2.35 bits per heavy atom. The van der Waals surface area contributed by atoms with Gasteiger partial charge in [-0.25, -0.2) is 0 Å². The number of benzene rings is 1. The number of carboxylic acid groups (broad SMARTS) is 1. The molecule has 110 valence electrons. The van der Waals surface area contributed by atoms with Gasteiger partial charge < -0.3 is 10.4 Å². The molecule has 0 aliphatic rings. The van der Waals surface area contributed by atoms with Gasteiger partial charge in [0.25, 0.3) is 0 Å². The first-order chi connectivity index (χ1) is 9.36. The zero-order chi connectivity index (χ0) is 15.1. The van der Waals surface area contributed by atoms with E-state index < -0.39 is 16.8 Å². The lowest BCUT2D eigenvalue weighted by Gasteiger charge is -2.07. The van der Waals surface area contributed by atoms with Gasteiger partial charge >= 0.3 is 5.97 Å². The highest BCUT2D eigenvalue weighted by molar-refractivity contribution is 7.85. The van der Waals surface area contributed by atoms with Crippen LogP contribution in [0.4, 0.5) is 5.69 Å². The number of hydrogen-bond acceptors (Lipinski definition) is 3. The van der Waals surface area contributed by atoms with Crippen LogP contribution >= 0.6 is 0 Å². The lowest BCUT2D eigenvalue weighted by molar-refractivity contribution is -0.137. The Balaban J connectivity index is 2.43. The molecule has 0 spiro atoms. The van der Waals surface area contributed by atoms with E-state index in [1.54, 1.807) is 0 Å². The van der Waals surface area contributed by atoms with E-state index in [1.165, 1.54) is 0 Å². The van der Waals surface area contributed by atoms with Gasteiger partial charge in [0.05, 0.1) is 0 Å². The Kier molecular flexibility index (Phi) is 6.38. The number of rotatable bonds is 7. The second-order valence-electron chi connectivity index (χ2n) is 4.71. The molecule has 0 saturated carbocycles. The molecule has 1 aromatic rings. The quantitative estimate of drug-likeness (QED) is 0.804. The van der Waals surface area contributed by atoms with Gasteiger partial charge in [-0.1, -0.05) is 6.07 Å². The fraction of sp³-hybridized carbons (Fsp3) is 0.429. The number of hydrogen-bond donors (Lipinski definition) is 2. The zero-order valence-corrected chi connectivity index (χ0v) is 12.5. The first kappa shape index (κ1) is 16.4. The zero-order valence-electron chi connectivity index (χ0n) is 11.6. The summed E-state index contributed by atoms with van der Waals surface area (Å²) in [5.74, 6) is -1.11. The van der Waals surface area contributed by atoms with Crippen molar-refractivity contribution in [2.75, 3.05) is 16.8 Å². The minimum absolute atomic E-state index is 0.0234. The SMILES string of the molecule is Cc1cc(C)cc(NC(=O)CS(=O)CCCC(=O)O)c1. The van der Waals surface area contributed by atoms with Crippen LogP contribution in [0.25, 0.3) is 0 Å².